The van der Waals surface area contributed by atoms with E-state index in [1.807, 2.05) is 0 Å². The van der Waals surface area contributed by atoms with Gasteiger partial charge in [0.25, 0.3) is 0 Å². The Morgan fingerprint density at radius 3 is 1.84 bits per heavy atom. The van der Waals surface area contributed by atoms with Gasteiger partial charge in [-0.25, -0.2) is 0 Å². The van der Waals surface area contributed by atoms with Crippen LogP contribution in [0.2, 0.25) is 0 Å². The van der Waals surface area contributed by atoms with Crippen LogP contribution in [0.4, 0.5) is 0 Å². The highest BCUT2D eigenvalue weighted by molar-refractivity contribution is 4.93. The van der Waals surface area contributed by atoms with E-state index in [0.717, 1.165) is 0 Å². The third kappa shape index (κ3) is 4.28. The third-order valence-corrected chi connectivity index (χ3v) is 4.29. The van der Waals surface area contributed by atoms with Gasteiger partial charge >= 0.3 is 0 Å². The molecule has 10 atom stereocenters. The van der Waals surface area contributed by atoms with Gasteiger partial charge in [-0.3, -0.25) is 0 Å². The first kappa shape index (κ1) is 20.9. The molecular formula is C14H26O11. The van der Waals surface area contributed by atoms with E-state index in [-0.39, 0.29) is 6.61 Å². The largest absolute Gasteiger partial charge is 0.394 e. The molecule has 11 nitrogen and oxygen atoms in total. The predicted molar refractivity (Wildman–Crippen MR) is 78.0 cm³/mol. The lowest BCUT2D eigenvalue weighted by Crippen LogP contribution is -2.64. The zero-order valence-corrected chi connectivity index (χ0v) is 13.7. The Morgan fingerprint density at radius 2 is 1.28 bits per heavy atom. The molecule has 0 aliphatic carbocycles. The minimum Gasteiger partial charge on any atom is -0.394 e. The van der Waals surface area contributed by atoms with Crippen molar-refractivity contribution < 1.29 is 54.7 Å². The monoisotopic (exact) mass is 370 g/mol. The highest BCUT2D eigenvalue weighted by Crippen LogP contribution is 2.29. The van der Waals surface area contributed by atoms with Gasteiger partial charge in [0.2, 0.25) is 0 Å². The lowest BCUT2D eigenvalue weighted by molar-refractivity contribution is -0.359. The molecule has 148 valence electrons. The third-order valence-electron chi connectivity index (χ3n) is 4.29. The van der Waals surface area contributed by atoms with E-state index in [1.165, 1.54) is 0 Å². The zero-order valence-electron chi connectivity index (χ0n) is 13.7. The molecule has 0 radical (unpaired) electrons. The van der Waals surface area contributed by atoms with Crippen LogP contribution in [0.5, 0.6) is 0 Å². The highest BCUT2D eigenvalue weighted by Gasteiger charge is 2.50. The molecular weight excluding hydrogens is 344 g/mol. The maximum Gasteiger partial charge on any atom is 0.187 e. The first-order valence-electron chi connectivity index (χ1n) is 8.05. The molecule has 0 unspecified atom stereocenters. The Bertz CT molecular complexity index is 406. The molecule has 2 saturated heterocycles. The van der Waals surface area contributed by atoms with Gasteiger partial charge in [-0.1, -0.05) is 0 Å². The van der Waals surface area contributed by atoms with Gasteiger partial charge in [-0.2, -0.15) is 0 Å². The molecule has 0 amide bonds. The Morgan fingerprint density at radius 1 is 0.720 bits per heavy atom. The summed E-state index contributed by atoms with van der Waals surface area (Å²) in [5, 5.41) is 68.4. The molecule has 7 N–H and O–H groups in total. The molecule has 2 rings (SSSR count). The number of hydrogen-bond acceptors (Lipinski definition) is 11. The summed E-state index contributed by atoms with van der Waals surface area (Å²) in [4.78, 5) is 0. The van der Waals surface area contributed by atoms with Crippen LogP contribution in [0.25, 0.3) is 0 Å². The molecule has 25 heavy (non-hydrogen) atoms. The van der Waals surface area contributed by atoms with Crippen LogP contribution in [0.3, 0.4) is 0 Å². The fourth-order valence-electron chi connectivity index (χ4n) is 2.86. The van der Waals surface area contributed by atoms with Crippen molar-refractivity contribution in [3.63, 3.8) is 0 Å². The van der Waals surface area contributed by atoms with Crippen molar-refractivity contribution in [1.29, 1.82) is 0 Å². The maximum absolute atomic E-state index is 10.2. The molecule has 2 aliphatic rings. The van der Waals surface area contributed by atoms with Gasteiger partial charge in [-0.15, -0.1) is 0 Å². The quantitative estimate of drug-likeness (QED) is 0.240. The summed E-state index contributed by atoms with van der Waals surface area (Å²) in [5.41, 5.74) is 0. The molecule has 2 aliphatic heterocycles. The van der Waals surface area contributed by atoms with Crippen molar-refractivity contribution >= 4 is 0 Å². The fourth-order valence-corrected chi connectivity index (χ4v) is 2.86. The number of hydrogen-bond donors (Lipinski definition) is 7. The maximum atomic E-state index is 10.2. The predicted octanol–water partition coefficient (Wildman–Crippen LogP) is -4.35. The fraction of sp³-hybridized carbons (Fsp3) is 1.00. The molecule has 0 aromatic rings. The smallest absolute Gasteiger partial charge is 0.187 e. The van der Waals surface area contributed by atoms with Gasteiger partial charge in [0.1, 0.15) is 48.8 Å². The van der Waals surface area contributed by atoms with Crippen LogP contribution in [0.1, 0.15) is 6.92 Å². The summed E-state index contributed by atoms with van der Waals surface area (Å²) < 4.78 is 21.1. The lowest BCUT2D eigenvalue weighted by atomic mass is 9.97. The van der Waals surface area contributed by atoms with Crippen molar-refractivity contribution in [2.24, 2.45) is 0 Å². The van der Waals surface area contributed by atoms with Gasteiger partial charge in [-0.05, 0) is 6.92 Å². The van der Waals surface area contributed by atoms with Crippen molar-refractivity contribution in [2.45, 2.75) is 68.3 Å². The molecule has 11 heteroatoms. The van der Waals surface area contributed by atoms with Crippen molar-refractivity contribution in [3.8, 4) is 0 Å². The van der Waals surface area contributed by atoms with Gasteiger partial charge in [0.05, 0.1) is 13.2 Å². The SMILES string of the molecule is CCO[C@@H]1O[C@H](CO)[C@@H](O[C@H]2O[C@H](CO)[C@@H](O)[C@H](O)[C@H]2O)[C@H](O)[C@H]1O. The van der Waals surface area contributed by atoms with E-state index < -0.39 is 74.6 Å². The summed E-state index contributed by atoms with van der Waals surface area (Å²) in [6.07, 6.45) is -14.3. The first-order valence-corrected chi connectivity index (χ1v) is 8.05. The first-order chi connectivity index (χ1) is 11.8. The Hall–Kier alpha value is -0.440. The zero-order chi connectivity index (χ0) is 18.7. The molecule has 0 saturated carbocycles. The van der Waals surface area contributed by atoms with E-state index in [9.17, 15) is 35.7 Å². The van der Waals surface area contributed by atoms with Gasteiger partial charge in [0.15, 0.2) is 12.6 Å². The summed E-state index contributed by atoms with van der Waals surface area (Å²) >= 11 is 0. The molecule has 0 aromatic carbocycles. The molecule has 2 heterocycles. The van der Waals surface area contributed by atoms with Gasteiger partial charge < -0.3 is 54.7 Å². The van der Waals surface area contributed by atoms with E-state index in [2.05, 4.69) is 0 Å². The van der Waals surface area contributed by atoms with Crippen molar-refractivity contribution in [2.75, 3.05) is 19.8 Å². The van der Waals surface area contributed by atoms with E-state index >= 15 is 0 Å². The van der Waals surface area contributed by atoms with Crippen molar-refractivity contribution in [1.82, 2.24) is 0 Å². The van der Waals surface area contributed by atoms with Gasteiger partial charge in [0, 0.05) is 6.61 Å². The van der Waals surface area contributed by atoms with Crippen LogP contribution in [-0.4, -0.2) is 117 Å². The Balaban J connectivity index is 2.11. The van der Waals surface area contributed by atoms with Crippen LogP contribution < -0.4 is 0 Å². The van der Waals surface area contributed by atoms with E-state index in [1.54, 1.807) is 6.92 Å². The normalized spacial score (nSPS) is 48.5. The average Bonchev–Trinajstić information content (AvgIpc) is 2.61. The Kier molecular flexibility index (Phi) is 7.49. The van der Waals surface area contributed by atoms with Crippen LogP contribution in [0.15, 0.2) is 0 Å². The summed E-state index contributed by atoms with van der Waals surface area (Å²) in [6.45, 7) is 0.625. The molecule has 0 aromatic heterocycles. The summed E-state index contributed by atoms with van der Waals surface area (Å²) in [5.74, 6) is 0. The standard InChI is InChI=1S/C14H26O11/c1-2-22-13-11(21)9(19)12(6(4-16)24-13)25-14-10(20)8(18)7(17)5(3-15)23-14/h5-21H,2-4H2,1H3/t5-,6-,7-,8+,9-,10-,11-,12-,13-,14-/m1/s1. The Labute approximate surface area is 143 Å². The summed E-state index contributed by atoms with van der Waals surface area (Å²) in [7, 11) is 0. The second-order valence-electron chi connectivity index (χ2n) is 5.96. The second-order valence-corrected chi connectivity index (χ2v) is 5.96. The van der Waals surface area contributed by atoms with Crippen molar-refractivity contribution in [3.05, 3.63) is 0 Å². The lowest BCUT2D eigenvalue weighted by Gasteiger charge is -2.45. The molecule has 2 fully saturated rings. The van der Waals surface area contributed by atoms with E-state index in [0.29, 0.717) is 0 Å². The minimum atomic E-state index is -1.69. The minimum absolute atomic E-state index is 0.199. The van der Waals surface area contributed by atoms with Crippen LogP contribution in [-0.2, 0) is 18.9 Å². The highest BCUT2D eigenvalue weighted by atomic mass is 16.7. The molecule has 0 spiro atoms. The second kappa shape index (κ2) is 8.97. The number of ether oxygens (including phenoxy) is 4. The topological polar surface area (TPSA) is 179 Å². The summed E-state index contributed by atoms with van der Waals surface area (Å²) in [6, 6.07) is 0. The molecule has 0 bridgehead atoms. The number of aliphatic hydroxyl groups is 7. The average molecular weight is 370 g/mol. The van der Waals surface area contributed by atoms with Crippen LogP contribution in [0, 0.1) is 0 Å². The number of aliphatic hydroxyl groups excluding tert-OH is 7. The van der Waals surface area contributed by atoms with E-state index in [4.69, 9.17) is 18.9 Å². The van der Waals surface area contributed by atoms with Crippen LogP contribution >= 0.6 is 0 Å². The number of rotatable bonds is 6.